The van der Waals surface area contributed by atoms with Crippen LogP contribution in [0.4, 0.5) is 5.69 Å². The molecule has 0 atom stereocenters. The zero-order chi connectivity index (χ0) is 11.5. The first-order valence-corrected chi connectivity index (χ1v) is 5.47. The molecule has 0 fully saturated rings. The molecule has 0 unspecified atom stereocenters. The summed E-state index contributed by atoms with van der Waals surface area (Å²) < 4.78 is 0. The Morgan fingerprint density at radius 1 is 1.25 bits per heavy atom. The summed E-state index contributed by atoms with van der Waals surface area (Å²) in [5.74, 6) is 0.478. The highest BCUT2D eigenvalue weighted by Gasteiger charge is 2.22. The predicted molar refractivity (Wildman–Crippen MR) is 67.0 cm³/mol. The molecule has 2 heteroatoms. The van der Waals surface area contributed by atoms with Crippen LogP contribution in [0.25, 0.3) is 5.57 Å². The summed E-state index contributed by atoms with van der Waals surface area (Å²) in [5, 5.41) is 2.84. The first-order chi connectivity index (χ1) is 7.68. The van der Waals surface area contributed by atoms with E-state index in [4.69, 9.17) is 0 Å². The van der Waals surface area contributed by atoms with E-state index in [1.165, 1.54) is 0 Å². The molecule has 1 amide bonds. The van der Waals surface area contributed by atoms with Gasteiger partial charge in [0.1, 0.15) is 0 Å². The molecule has 1 heterocycles. The number of carbonyl (C=O) groups excluding carboxylic acids is 1. The third-order valence-corrected chi connectivity index (χ3v) is 2.47. The Labute approximate surface area is 95.7 Å². The van der Waals surface area contributed by atoms with Gasteiger partial charge in [-0.3, -0.25) is 4.79 Å². The van der Waals surface area contributed by atoms with Crippen LogP contribution in [0, 0.1) is 5.92 Å². The van der Waals surface area contributed by atoms with Crippen LogP contribution in [0.15, 0.2) is 42.5 Å². The van der Waals surface area contributed by atoms with E-state index in [-0.39, 0.29) is 5.91 Å². The fraction of sp³-hybridized carbons (Fsp3) is 0.214. The number of rotatable bonds is 2. The lowest BCUT2D eigenvalue weighted by Gasteiger charge is -1.95. The molecule has 0 saturated carbocycles. The van der Waals surface area contributed by atoms with E-state index < -0.39 is 0 Å². The molecule has 2 rings (SSSR count). The van der Waals surface area contributed by atoms with E-state index in [0.29, 0.717) is 5.92 Å². The van der Waals surface area contributed by atoms with Gasteiger partial charge in [-0.05, 0) is 18.1 Å². The van der Waals surface area contributed by atoms with Crippen LogP contribution < -0.4 is 5.32 Å². The molecule has 0 saturated heterocycles. The Bertz CT molecular complexity index is 469. The van der Waals surface area contributed by atoms with E-state index in [9.17, 15) is 4.79 Å². The van der Waals surface area contributed by atoms with Crippen LogP contribution in [0.5, 0.6) is 0 Å². The zero-order valence-corrected chi connectivity index (χ0v) is 9.53. The van der Waals surface area contributed by atoms with Gasteiger partial charge in [0.15, 0.2) is 0 Å². The average molecular weight is 213 g/mol. The number of carbonyl (C=O) groups is 1. The quantitative estimate of drug-likeness (QED) is 0.751. The van der Waals surface area contributed by atoms with Gasteiger partial charge in [-0.1, -0.05) is 44.2 Å². The lowest BCUT2D eigenvalue weighted by molar-refractivity contribution is -0.110. The molecule has 0 aromatic heterocycles. The number of hydrogen-bond donors (Lipinski definition) is 1. The van der Waals surface area contributed by atoms with Gasteiger partial charge in [0.25, 0.3) is 5.91 Å². The van der Waals surface area contributed by atoms with Crippen LogP contribution in [0.2, 0.25) is 0 Å². The number of hydrogen-bond acceptors (Lipinski definition) is 1. The summed E-state index contributed by atoms with van der Waals surface area (Å²) in [5.41, 5.74) is 2.63. The number of allylic oxidation sites excluding steroid dienone is 3. The Morgan fingerprint density at radius 2 is 2.00 bits per heavy atom. The highest BCUT2D eigenvalue weighted by Crippen LogP contribution is 2.30. The van der Waals surface area contributed by atoms with Crippen LogP contribution in [-0.2, 0) is 4.79 Å². The van der Waals surface area contributed by atoms with Crippen molar-refractivity contribution < 1.29 is 4.79 Å². The van der Waals surface area contributed by atoms with Gasteiger partial charge in [-0.15, -0.1) is 0 Å². The van der Waals surface area contributed by atoms with Crippen molar-refractivity contribution in [2.75, 3.05) is 5.32 Å². The minimum absolute atomic E-state index is 0.0189. The maximum absolute atomic E-state index is 11.7. The molecule has 2 nitrogen and oxygen atoms in total. The van der Waals surface area contributed by atoms with Crippen molar-refractivity contribution in [3.8, 4) is 0 Å². The molecule has 1 N–H and O–H groups in total. The van der Waals surface area contributed by atoms with Gasteiger partial charge < -0.3 is 5.32 Å². The molecule has 0 aliphatic carbocycles. The number of amides is 1. The van der Waals surface area contributed by atoms with Crippen molar-refractivity contribution in [1.29, 1.82) is 0 Å². The van der Waals surface area contributed by atoms with Gasteiger partial charge in [0.05, 0.1) is 0 Å². The minimum atomic E-state index is -0.0189. The van der Waals surface area contributed by atoms with Crippen LogP contribution in [0.3, 0.4) is 0 Å². The third-order valence-electron chi connectivity index (χ3n) is 2.47. The van der Waals surface area contributed by atoms with Crippen molar-refractivity contribution in [3.05, 3.63) is 48.1 Å². The zero-order valence-electron chi connectivity index (χ0n) is 9.53. The third kappa shape index (κ3) is 2.06. The van der Waals surface area contributed by atoms with Crippen molar-refractivity contribution in [2.24, 2.45) is 5.92 Å². The Kier molecular flexibility index (Phi) is 2.91. The summed E-state index contributed by atoms with van der Waals surface area (Å²) in [6, 6.07) is 7.74. The molecular formula is C14H15NO. The van der Waals surface area contributed by atoms with Crippen molar-refractivity contribution in [2.45, 2.75) is 13.8 Å². The molecule has 16 heavy (non-hydrogen) atoms. The second kappa shape index (κ2) is 4.35. The molecule has 1 aliphatic heterocycles. The van der Waals surface area contributed by atoms with Gasteiger partial charge in [-0.2, -0.15) is 0 Å². The molecule has 0 spiro atoms. The average Bonchev–Trinajstić information content (AvgIpc) is 2.55. The van der Waals surface area contributed by atoms with Crippen molar-refractivity contribution in [3.63, 3.8) is 0 Å². The normalized spacial score (nSPS) is 17.2. The molecule has 1 aliphatic rings. The van der Waals surface area contributed by atoms with Gasteiger partial charge in [0, 0.05) is 16.8 Å². The first-order valence-electron chi connectivity index (χ1n) is 5.47. The fourth-order valence-corrected chi connectivity index (χ4v) is 1.68. The number of nitrogens with one attached hydrogen (secondary N) is 1. The van der Waals surface area contributed by atoms with Crippen molar-refractivity contribution >= 4 is 17.2 Å². The van der Waals surface area contributed by atoms with Gasteiger partial charge in [-0.25, -0.2) is 0 Å². The second-order valence-corrected chi connectivity index (χ2v) is 4.21. The van der Waals surface area contributed by atoms with E-state index in [1.54, 1.807) is 0 Å². The SMILES string of the molecule is CC(C)/C=C/C=C1/C(=O)Nc2ccccc21. The predicted octanol–water partition coefficient (Wildman–Crippen LogP) is 3.23. The van der Waals surface area contributed by atoms with E-state index in [1.807, 2.05) is 36.4 Å². The Morgan fingerprint density at radius 3 is 2.75 bits per heavy atom. The second-order valence-electron chi connectivity index (χ2n) is 4.21. The van der Waals surface area contributed by atoms with Gasteiger partial charge >= 0.3 is 0 Å². The van der Waals surface area contributed by atoms with Crippen LogP contribution >= 0.6 is 0 Å². The lowest BCUT2D eigenvalue weighted by Crippen LogP contribution is -2.03. The summed E-state index contributed by atoms with van der Waals surface area (Å²) in [7, 11) is 0. The summed E-state index contributed by atoms with van der Waals surface area (Å²) in [6.45, 7) is 4.22. The van der Waals surface area contributed by atoms with Crippen LogP contribution in [0.1, 0.15) is 19.4 Å². The maximum Gasteiger partial charge on any atom is 0.256 e. The van der Waals surface area contributed by atoms with Gasteiger partial charge in [0.2, 0.25) is 0 Å². The maximum atomic E-state index is 11.7. The topological polar surface area (TPSA) is 29.1 Å². The summed E-state index contributed by atoms with van der Waals surface area (Å²) >= 11 is 0. The molecule has 0 radical (unpaired) electrons. The molecule has 82 valence electrons. The first kappa shape index (κ1) is 10.7. The number of fused-ring (bicyclic) bond motifs is 1. The van der Waals surface area contributed by atoms with E-state index in [2.05, 4.69) is 25.2 Å². The standard InChI is InChI=1S/C14H15NO/c1-10(2)6-5-8-12-11-7-3-4-9-13(11)15-14(12)16/h3-10H,1-2H3,(H,15,16)/b6-5+,12-8+. The highest BCUT2D eigenvalue weighted by molar-refractivity contribution is 6.31. The largest absolute Gasteiger partial charge is 0.321 e. The highest BCUT2D eigenvalue weighted by atomic mass is 16.1. The Balaban J connectivity index is 2.32. The summed E-state index contributed by atoms with van der Waals surface area (Å²) in [6.07, 6.45) is 5.89. The molecule has 1 aromatic rings. The van der Waals surface area contributed by atoms with Crippen LogP contribution in [-0.4, -0.2) is 5.91 Å². The van der Waals surface area contributed by atoms with E-state index in [0.717, 1.165) is 16.8 Å². The smallest absolute Gasteiger partial charge is 0.256 e. The number of anilines is 1. The molecule has 0 bridgehead atoms. The lowest BCUT2D eigenvalue weighted by atomic mass is 10.1. The molecule has 1 aromatic carbocycles. The minimum Gasteiger partial charge on any atom is -0.321 e. The number of para-hydroxylation sites is 1. The van der Waals surface area contributed by atoms with E-state index >= 15 is 0 Å². The van der Waals surface area contributed by atoms with Crippen molar-refractivity contribution in [1.82, 2.24) is 0 Å². The Hall–Kier alpha value is -1.83. The number of benzene rings is 1. The monoisotopic (exact) mass is 213 g/mol. The fourth-order valence-electron chi connectivity index (χ4n) is 1.68. The summed E-state index contributed by atoms with van der Waals surface area (Å²) in [4.78, 5) is 11.7. The molecular weight excluding hydrogens is 198 g/mol.